The molecule has 0 saturated carbocycles. The zero-order valence-corrected chi connectivity index (χ0v) is 11.5. The highest BCUT2D eigenvalue weighted by Crippen LogP contribution is 2.18. The van der Waals surface area contributed by atoms with Crippen molar-refractivity contribution in [1.82, 2.24) is 4.98 Å². The molecule has 0 spiro atoms. The van der Waals surface area contributed by atoms with Crippen LogP contribution in [-0.2, 0) is 4.74 Å². The zero-order valence-electron chi connectivity index (χ0n) is 11.5. The molecule has 4 heteroatoms. The van der Waals surface area contributed by atoms with Crippen LogP contribution in [0.5, 0.6) is 0 Å². The number of nitrogens with zero attached hydrogens (tertiary/aromatic N) is 1. The Morgan fingerprint density at radius 3 is 2.83 bits per heavy atom. The lowest BCUT2D eigenvalue weighted by molar-refractivity contribution is 0.0341. The van der Waals surface area contributed by atoms with E-state index in [4.69, 9.17) is 10.1 Å². The van der Waals surface area contributed by atoms with Gasteiger partial charge in [0.05, 0.1) is 0 Å². The van der Waals surface area contributed by atoms with Crippen LogP contribution in [0, 0.1) is 5.41 Å². The maximum atomic E-state index is 7.67. The summed E-state index contributed by atoms with van der Waals surface area (Å²) in [5, 5.41) is 10.9. The van der Waals surface area contributed by atoms with Gasteiger partial charge in [-0.05, 0) is 38.3 Å². The Kier molecular flexibility index (Phi) is 6.36. The van der Waals surface area contributed by atoms with Gasteiger partial charge in [-0.1, -0.05) is 13.8 Å². The first-order chi connectivity index (χ1) is 8.77. The lowest BCUT2D eigenvalue weighted by Gasteiger charge is -2.24. The van der Waals surface area contributed by atoms with Gasteiger partial charge in [0, 0.05) is 24.1 Å². The summed E-state index contributed by atoms with van der Waals surface area (Å²) in [4.78, 5) is 4.26. The first kappa shape index (κ1) is 14.6. The van der Waals surface area contributed by atoms with Crippen LogP contribution in [0.15, 0.2) is 18.3 Å². The molecule has 1 aliphatic rings. The molecule has 1 aromatic heterocycles. The van der Waals surface area contributed by atoms with Gasteiger partial charge in [-0.2, -0.15) is 0 Å². The van der Waals surface area contributed by atoms with Gasteiger partial charge < -0.3 is 15.5 Å². The van der Waals surface area contributed by atoms with Crippen LogP contribution in [0.4, 0.5) is 5.82 Å². The number of aromatic nitrogens is 1. The summed E-state index contributed by atoms with van der Waals surface area (Å²) in [6.45, 7) is 6.58. The molecule has 4 nitrogen and oxygen atoms in total. The van der Waals surface area contributed by atoms with Crippen LogP contribution >= 0.6 is 0 Å². The molecule has 2 heterocycles. The monoisotopic (exact) mass is 249 g/mol. The first-order valence-corrected chi connectivity index (χ1v) is 6.66. The average Bonchev–Trinajstić information content (AvgIpc) is 2.42. The third-order valence-electron chi connectivity index (χ3n) is 2.69. The van der Waals surface area contributed by atoms with Gasteiger partial charge in [-0.3, -0.25) is 0 Å². The molecule has 1 unspecified atom stereocenters. The minimum absolute atomic E-state index is 0.0433. The number of ether oxygens (including phenoxy) is 1. The Bertz CT molecular complexity index is 373. The summed E-state index contributed by atoms with van der Waals surface area (Å²) in [6.07, 6.45) is 5.10. The van der Waals surface area contributed by atoms with Crippen LogP contribution in [0.3, 0.4) is 0 Å². The van der Waals surface area contributed by atoms with Crippen LogP contribution in [0.1, 0.15) is 45.6 Å². The first-order valence-electron chi connectivity index (χ1n) is 6.66. The molecular formula is C14H23N3O. The van der Waals surface area contributed by atoms with Gasteiger partial charge in [0.2, 0.25) is 0 Å². The topological polar surface area (TPSA) is 58.0 Å². The SMILES string of the molecule is CC.CC(=N)c1cccnc1NC1CCCCO1. The highest BCUT2D eigenvalue weighted by Gasteiger charge is 2.15. The molecule has 100 valence electrons. The summed E-state index contributed by atoms with van der Waals surface area (Å²) in [7, 11) is 0. The molecule has 2 rings (SSSR count). The van der Waals surface area contributed by atoms with Gasteiger partial charge in [0.15, 0.2) is 0 Å². The molecule has 0 amide bonds. The largest absolute Gasteiger partial charge is 0.359 e. The van der Waals surface area contributed by atoms with Gasteiger partial charge in [-0.25, -0.2) is 4.98 Å². The molecule has 1 saturated heterocycles. The van der Waals surface area contributed by atoms with Crippen LogP contribution in [0.2, 0.25) is 0 Å². The zero-order chi connectivity index (χ0) is 13.4. The predicted molar refractivity (Wildman–Crippen MR) is 75.3 cm³/mol. The second-order valence-electron chi connectivity index (χ2n) is 4.02. The minimum atomic E-state index is 0.0433. The second-order valence-corrected chi connectivity index (χ2v) is 4.02. The fraction of sp³-hybridized carbons (Fsp3) is 0.571. The summed E-state index contributed by atoms with van der Waals surface area (Å²) in [6, 6.07) is 3.75. The second kappa shape index (κ2) is 7.82. The van der Waals surface area contributed by atoms with Gasteiger partial charge in [-0.15, -0.1) is 0 Å². The van der Waals surface area contributed by atoms with E-state index in [2.05, 4.69) is 10.3 Å². The molecule has 2 N–H and O–H groups in total. The van der Waals surface area contributed by atoms with E-state index in [9.17, 15) is 0 Å². The van der Waals surface area contributed by atoms with Crippen molar-refractivity contribution in [1.29, 1.82) is 5.41 Å². The maximum absolute atomic E-state index is 7.67. The molecule has 1 aromatic rings. The van der Waals surface area contributed by atoms with Crippen molar-refractivity contribution in [3.8, 4) is 0 Å². The number of rotatable bonds is 3. The normalized spacial score (nSPS) is 18.5. The minimum Gasteiger partial charge on any atom is -0.359 e. The molecule has 0 radical (unpaired) electrons. The molecule has 1 fully saturated rings. The fourth-order valence-electron chi connectivity index (χ4n) is 1.83. The number of anilines is 1. The van der Waals surface area contributed by atoms with E-state index in [0.717, 1.165) is 30.8 Å². The van der Waals surface area contributed by atoms with Crippen molar-refractivity contribution >= 4 is 11.5 Å². The average molecular weight is 249 g/mol. The highest BCUT2D eigenvalue weighted by atomic mass is 16.5. The predicted octanol–water partition coefficient (Wildman–Crippen LogP) is 3.43. The third kappa shape index (κ3) is 4.11. The standard InChI is InChI=1S/C12H17N3O.C2H6/c1-9(13)10-5-4-7-14-12(10)15-11-6-2-3-8-16-11;1-2/h4-5,7,11,13H,2-3,6,8H2,1H3,(H,14,15);1-2H3. The Balaban J connectivity index is 0.000000771. The lowest BCUT2D eigenvalue weighted by Crippen LogP contribution is -2.28. The maximum Gasteiger partial charge on any atom is 0.136 e. The molecule has 0 aromatic carbocycles. The van der Waals surface area contributed by atoms with E-state index in [1.54, 1.807) is 13.1 Å². The van der Waals surface area contributed by atoms with E-state index in [1.165, 1.54) is 6.42 Å². The van der Waals surface area contributed by atoms with E-state index < -0.39 is 0 Å². The Hall–Kier alpha value is -1.42. The summed E-state index contributed by atoms with van der Waals surface area (Å²) >= 11 is 0. The summed E-state index contributed by atoms with van der Waals surface area (Å²) < 4.78 is 5.60. The van der Waals surface area contributed by atoms with Crippen molar-refractivity contribution in [2.45, 2.75) is 46.3 Å². The van der Waals surface area contributed by atoms with Crippen molar-refractivity contribution in [3.63, 3.8) is 0 Å². The van der Waals surface area contributed by atoms with Crippen LogP contribution in [-0.4, -0.2) is 23.5 Å². The van der Waals surface area contributed by atoms with Crippen LogP contribution in [0.25, 0.3) is 0 Å². The van der Waals surface area contributed by atoms with Crippen molar-refractivity contribution in [2.75, 3.05) is 11.9 Å². The van der Waals surface area contributed by atoms with E-state index in [-0.39, 0.29) is 6.23 Å². The fourth-order valence-corrected chi connectivity index (χ4v) is 1.83. The summed E-state index contributed by atoms with van der Waals surface area (Å²) in [5.74, 6) is 0.752. The van der Waals surface area contributed by atoms with Gasteiger partial charge in [0.25, 0.3) is 0 Å². The van der Waals surface area contributed by atoms with E-state index in [1.807, 2.05) is 26.0 Å². The number of nitrogens with one attached hydrogen (secondary N) is 2. The lowest BCUT2D eigenvalue weighted by atomic mass is 10.1. The quantitative estimate of drug-likeness (QED) is 0.807. The third-order valence-corrected chi connectivity index (χ3v) is 2.69. The van der Waals surface area contributed by atoms with Crippen molar-refractivity contribution < 1.29 is 4.74 Å². The highest BCUT2D eigenvalue weighted by molar-refractivity contribution is 6.00. The van der Waals surface area contributed by atoms with Crippen LogP contribution < -0.4 is 5.32 Å². The Morgan fingerprint density at radius 1 is 1.44 bits per heavy atom. The number of pyridine rings is 1. The van der Waals surface area contributed by atoms with Crippen molar-refractivity contribution in [3.05, 3.63) is 23.9 Å². The summed E-state index contributed by atoms with van der Waals surface area (Å²) in [5.41, 5.74) is 1.36. The Morgan fingerprint density at radius 2 is 2.22 bits per heavy atom. The van der Waals surface area contributed by atoms with Crippen molar-refractivity contribution in [2.24, 2.45) is 0 Å². The van der Waals surface area contributed by atoms with Gasteiger partial charge in [0.1, 0.15) is 12.0 Å². The molecule has 0 aliphatic carbocycles. The Labute approximate surface area is 109 Å². The molecular weight excluding hydrogens is 226 g/mol. The molecule has 0 bridgehead atoms. The molecule has 1 atom stereocenters. The number of hydrogen-bond donors (Lipinski definition) is 2. The molecule has 1 aliphatic heterocycles. The smallest absolute Gasteiger partial charge is 0.136 e. The van der Waals surface area contributed by atoms with E-state index >= 15 is 0 Å². The van der Waals surface area contributed by atoms with Gasteiger partial charge >= 0.3 is 0 Å². The van der Waals surface area contributed by atoms with E-state index in [0.29, 0.717) is 5.71 Å². The molecule has 18 heavy (non-hydrogen) atoms. The number of hydrogen-bond acceptors (Lipinski definition) is 4.